The number of aromatic nitrogens is 3. The summed E-state index contributed by atoms with van der Waals surface area (Å²) in [6, 6.07) is 15.0. The standard InChI is InChI=1S/C24H33N7.HI/c1-5-30(6-2)22(21-10-8-7-9-11-21)18-29-24(25-4)28-17-20-12-13-23(27-16-20)31-15-14-26-19(31)3;/h7-16,22H,5-6,17-18H2,1-4H3,(H2,25,28,29);1H. The number of pyridine rings is 1. The third kappa shape index (κ3) is 6.77. The van der Waals surface area contributed by atoms with Crippen LogP contribution in [-0.2, 0) is 6.54 Å². The topological polar surface area (TPSA) is 70.4 Å². The van der Waals surface area contributed by atoms with Crippen molar-refractivity contribution in [1.29, 1.82) is 0 Å². The summed E-state index contributed by atoms with van der Waals surface area (Å²) < 4.78 is 1.97. The maximum Gasteiger partial charge on any atom is 0.191 e. The van der Waals surface area contributed by atoms with E-state index in [0.29, 0.717) is 6.54 Å². The fraction of sp³-hybridized carbons (Fsp3) is 0.375. The number of likely N-dealkylation sites (N-methyl/N-ethyl adjacent to an activating group) is 1. The van der Waals surface area contributed by atoms with Crippen LogP contribution in [0.4, 0.5) is 0 Å². The van der Waals surface area contributed by atoms with Crippen molar-refractivity contribution in [1.82, 2.24) is 30.1 Å². The lowest BCUT2D eigenvalue weighted by Crippen LogP contribution is -2.43. The number of halogens is 1. The van der Waals surface area contributed by atoms with Crippen LogP contribution in [0.25, 0.3) is 5.82 Å². The first-order valence-corrected chi connectivity index (χ1v) is 10.8. The Hall–Kier alpha value is -2.46. The average molecular weight is 547 g/mol. The molecule has 0 aliphatic rings. The molecule has 3 aromatic rings. The second kappa shape index (κ2) is 13.2. The average Bonchev–Trinajstić information content (AvgIpc) is 3.25. The number of nitrogens with one attached hydrogen (secondary N) is 2. The van der Waals surface area contributed by atoms with Crippen LogP contribution in [0.15, 0.2) is 66.0 Å². The lowest BCUT2D eigenvalue weighted by atomic mass is 10.1. The molecule has 172 valence electrons. The quantitative estimate of drug-likeness (QED) is 0.241. The lowest BCUT2D eigenvalue weighted by molar-refractivity contribution is 0.219. The first kappa shape index (κ1) is 25.8. The van der Waals surface area contributed by atoms with E-state index in [9.17, 15) is 0 Å². The van der Waals surface area contributed by atoms with E-state index in [4.69, 9.17) is 0 Å². The molecule has 1 aromatic carbocycles. The molecule has 8 heteroatoms. The molecule has 0 saturated heterocycles. The smallest absolute Gasteiger partial charge is 0.191 e. The molecular formula is C24H34IN7. The molecule has 2 aromatic heterocycles. The van der Waals surface area contributed by atoms with Gasteiger partial charge in [0.05, 0.1) is 6.04 Å². The van der Waals surface area contributed by atoms with Gasteiger partial charge < -0.3 is 10.6 Å². The second-order valence-electron chi connectivity index (χ2n) is 7.32. The zero-order valence-corrected chi connectivity index (χ0v) is 21.7. The molecule has 3 rings (SSSR count). The summed E-state index contributed by atoms with van der Waals surface area (Å²) in [5.41, 5.74) is 2.40. The van der Waals surface area contributed by atoms with Gasteiger partial charge in [-0.1, -0.05) is 50.2 Å². The van der Waals surface area contributed by atoms with Crippen LogP contribution in [0.5, 0.6) is 0 Å². The van der Waals surface area contributed by atoms with Gasteiger partial charge in [-0.25, -0.2) is 9.97 Å². The Bertz CT molecular complexity index is 950. The van der Waals surface area contributed by atoms with Crippen molar-refractivity contribution < 1.29 is 0 Å². The van der Waals surface area contributed by atoms with Crippen LogP contribution in [0.3, 0.4) is 0 Å². The summed E-state index contributed by atoms with van der Waals surface area (Å²) in [6.45, 7) is 9.80. The number of nitrogens with zero attached hydrogens (tertiary/aromatic N) is 5. The van der Waals surface area contributed by atoms with Gasteiger partial charge in [0.1, 0.15) is 11.6 Å². The van der Waals surface area contributed by atoms with Crippen molar-refractivity contribution >= 4 is 29.9 Å². The summed E-state index contributed by atoms with van der Waals surface area (Å²) in [5.74, 6) is 2.57. The summed E-state index contributed by atoms with van der Waals surface area (Å²) in [5, 5.41) is 6.89. The van der Waals surface area contributed by atoms with Crippen molar-refractivity contribution in [3.05, 3.63) is 78.0 Å². The van der Waals surface area contributed by atoms with Crippen LogP contribution in [-0.4, -0.2) is 52.1 Å². The van der Waals surface area contributed by atoms with Crippen LogP contribution >= 0.6 is 24.0 Å². The van der Waals surface area contributed by atoms with Gasteiger partial charge in [-0.2, -0.15) is 0 Å². The Kier molecular flexibility index (Phi) is 10.6. The third-order valence-corrected chi connectivity index (χ3v) is 5.47. The maximum absolute atomic E-state index is 4.56. The summed E-state index contributed by atoms with van der Waals surface area (Å²) in [4.78, 5) is 15.7. The molecule has 0 saturated carbocycles. The first-order chi connectivity index (χ1) is 15.2. The molecule has 0 bridgehead atoms. The molecule has 0 fully saturated rings. The molecule has 0 aliphatic carbocycles. The molecule has 1 unspecified atom stereocenters. The number of imidazole rings is 1. The van der Waals surface area contributed by atoms with Crippen molar-refractivity contribution in [2.75, 3.05) is 26.7 Å². The van der Waals surface area contributed by atoms with E-state index in [1.54, 1.807) is 13.2 Å². The maximum atomic E-state index is 4.56. The van der Waals surface area contributed by atoms with E-state index in [1.807, 2.05) is 30.0 Å². The van der Waals surface area contributed by atoms with Crippen molar-refractivity contribution in [2.45, 2.75) is 33.4 Å². The van der Waals surface area contributed by atoms with E-state index in [1.165, 1.54) is 5.56 Å². The second-order valence-corrected chi connectivity index (χ2v) is 7.32. The van der Waals surface area contributed by atoms with E-state index >= 15 is 0 Å². The first-order valence-electron chi connectivity index (χ1n) is 10.8. The summed E-state index contributed by atoms with van der Waals surface area (Å²) in [7, 11) is 1.80. The van der Waals surface area contributed by atoms with Crippen molar-refractivity contribution in [2.24, 2.45) is 4.99 Å². The highest BCUT2D eigenvalue weighted by atomic mass is 127. The molecular weight excluding hydrogens is 513 g/mol. The molecule has 1 atom stereocenters. The highest BCUT2D eigenvalue weighted by Crippen LogP contribution is 2.19. The van der Waals surface area contributed by atoms with Crippen LogP contribution in [0, 0.1) is 6.92 Å². The molecule has 0 aliphatic heterocycles. The Labute approximate surface area is 208 Å². The molecule has 2 N–H and O–H groups in total. The number of rotatable bonds is 9. The Balaban J connectivity index is 0.00000363. The molecule has 0 radical (unpaired) electrons. The zero-order valence-electron chi connectivity index (χ0n) is 19.3. The Morgan fingerprint density at radius 3 is 2.38 bits per heavy atom. The fourth-order valence-corrected chi connectivity index (χ4v) is 3.68. The van der Waals surface area contributed by atoms with E-state index < -0.39 is 0 Å². The number of benzene rings is 1. The SMILES string of the molecule is CCN(CC)C(CNC(=NC)NCc1ccc(-n2ccnc2C)nc1)c1ccccc1.I. The predicted octanol–water partition coefficient (Wildman–Crippen LogP) is 3.94. The monoisotopic (exact) mass is 547 g/mol. The Morgan fingerprint density at radius 2 is 1.81 bits per heavy atom. The van der Waals surface area contributed by atoms with Gasteiger partial charge in [0.15, 0.2) is 5.96 Å². The van der Waals surface area contributed by atoms with E-state index in [-0.39, 0.29) is 30.0 Å². The highest BCUT2D eigenvalue weighted by molar-refractivity contribution is 14.0. The molecule has 2 heterocycles. The summed E-state index contributed by atoms with van der Waals surface area (Å²) in [6.07, 6.45) is 5.58. The summed E-state index contributed by atoms with van der Waals surface area (Å²) >= 11 is 0. The lowest BCUT2D eigenvalue weighted by Gasteiger charge is -2.30. The van der Waals surface area contributed by atoms with Crippen LogP contribution < -0.4 is 10.6 Å². The van der Waals surface area contributed by atoms with Gasteiger partial charge in [0.25, 0.3) is 0 Å². The minimum absolute atomic E-state index is 0. The number of guanidine groups is 1. The minimum Gasteiger partial charge on any atom is -0.354 e. The van der Waals surface area contributed by atoms with Gasteiger partial charge in [0.2, 0.25) is 0 Å². The van der Waals surface area contributed by atoms with Gasteiger partial charge >= 0.3 is 0 Å². The number of aryl methyl sites for hydroxylation is 1. The molecule has 0 spiro atoms. The third-order valence-electron chi connectivity index (χ3n) is 5.47. The molecule has 7 nitrogen and oxygen atoms in total. The van der Waals surface area contributed by atoms with E-state index in [2.05, 4.69) is 80.7 Å². The van der Waals surface area contributed by atoms with Gasteiger partial charge in [-0.3, -0.25) is 14.5 Å². The van der Waals surface area contributed by atoms with E-state index in [0.717, 1.165) is 42.8 Å². The zero-order chi connectivity index (χ0) is 22.1. The fourth-order valence-electron chi connectivity index (χ4n) is 3.68. The normalized spacial score (nSPS) is 12.3. The molecule has 32 heavy (non-hydrogen) atoms. The minimum atomic E-state index is 0. The van der Waals surface area contributed by atoms with Gasteiger partial charge in [-0.15, -0.1) is 24.0 Å². The van der Waals surface area contributed by atoms with Crippen LogP contribution in [0.1, 0.15) is 36.8 Å². The number of hydrogen-bond acceptors (Lipinski definition) is 4. The van der Waals surface area contributed by atoms with Crippen molar-refractivity contribution in [3.8, 4) is 5.82 Å². The Morgan fingerprint density at radius 1 is 1.06 bits per heavy atom. The highest BCUT2D eigenvalue weighted by Gasteiger charge is 2.18. The van der Waals surface area contributed by atoms with Gasteiger partial charge in [0, 0.05) is 38.7 Å². The molecule has 0 amide bonds. The predicted molar refractivity (Wildman–Crippen MR) is 142 cm³/mol. The van der Waals surface area contributed by atoms with Crippen LogP contribution in [0.2, 0.25) is 0 Å². The van der Waals surface area contributed by atoms with Crippen molar-refractivity contribution in [3.63, 3.8) is 0 Å². The number of hydrogen-bond donors (Lipinski definition) is 2. The number of aliphatic imine (C=N–C) groups is 1. The largest absolute Gasteiger partial charge is 0.354 e. The van der Waals surface area contributed by atoms with Gasteiger partial charge in [-0.05, 0) is 37.2 Å².